The molecule has 0 bridgehead atoms. The van der Waals surface area contributed by atoms with E-state index in [1.165, 1.54) is 12.1 Å². The SMILES string of the molecule is O=C(c1ccccc1)c1cc([N+](=O)[O-])ccc1NCc1ccccc1. The van der Waals surface area contributed by atoms with Crippen LogP contribution in [0.4, 0.5) is 11.4 Å². The van der Waals surface area contributed by atoms with Crippen LogP contribution >= 0.6 is 0 Å². The number of nitro benzene ring substituents is 1. The number of hydrogen-bond donors (Lipinski definition) is 1. The van der Waals surface area contributed by atoms with Gasteiger partial charge in [-0.25, -0.2) is 0 Å². The van der Waals surface area contributed by atoms with Crippen molar-refractivity contribution in [2.24, 2.45) is 0 Å². The van der Waals surface area contributed by atoms with Gasteiger partial charge < -0.3 is 5.32 Å². The Hall–Kier alpha value is -3.47. The van der Waals surface area contributed by atoms with E-state index in [2.05, 4.69) is 5.32 Å². The van der Waals surface area contributed by atoms with Gasteiger partial charge in [0.15, 0.2) is 5.78 Å². The first kappa shape index (κ1) is 16.4. The Morgan fingerprint density at radius 1 is 0.920 bits per heavy atom. The molecule has 3 rings (SSSR count). The predicted octanol–water partition coefficient (Wildman–Crippen LogP) is 4.44. The Bertz CT molecular complexity index is 893. The van der Waals surface area contributed by atoms with E-state index < -0.39 is 4.92 Å². The summed E-state index contributed by atoms with van der Waals surface area (Å²) in [4.78, 5) is 23.4. The smallest absolute Gasteiger partial charge is 0.270 e. The number of hydrogen-bond acceptors (Lipinski definition) is 4. The van der Waals surface area contributed by atoms with Crippen molar-refractivity contribution in [2.75, 3.05) is 5.32 Å². The maximum absolute atomic E-state index is 12.8. The second-order valence-electron chi connectivity index (χ2n) is 5.52. The van der Waals surface area contributed by atoms with Gasteiger partial charge in [0.1, 0.15) is 0 Å². The zero-order chi connectivity index (χ0) is 17.6. The Morgan fingerprint density at radius 3 is 2.20 bits per heavy atom. The predicted molar refractivity (Wildman–Crippen MR) is 96.7 cm³/mol. The Balaban J connectivity index is 1.94. The van der Waals surface area contributed by atoms with Crippen molar-refractivity contribution in [1.82, 2.24) is 0 Å². The van der Waals surface area contributed by atoms with Gasteiger partial charge in [0, 0.05) is 29.9 Å². The fourth-order valence-electron chi connectivity index (χ4n) is 2.53. The maximum Gasteiger partial charge on any atom is 0.270 e. The molecule has 0 aliphatic heterocycles. The molecule has 3 aromatic carbocycles. The standard InChI is InChI=1S/C20H16N2O3/c23-20(16-9-5-2-6-10-16)18-13-17(22(24)25)11-12-19(18)21-14-15-7-3-1-4-8-15/h1-13,21H,14H2. The number of benzene rings is 3. The third kappa shape index (κ3) is 3.90. The lowest BCUT2D eigenvalue weighted by atomic mass is 10.0. The van der Waals surface area contributed by atoms with Crippen LogP contribution in [0.1, 0.15) is 21.5 Å². The molecular weight excluding hydrogens is 316 g/mol. The Kier molecular flexibility index (Phi) is 4.85. The highest BCUT2D eigenvalue weighted by Crippen LogP contribution is 2.25. The molecule has 0 fully saturated rings. The fraction of sp³-hybridized carbons (Fsp3) is 0.0500. The average Bonchev–Trinajstić information content (AvgIpc) is 2.67. The molecule has 0 aliphatic rings. The summed E-state index contributed by atoms with van der Waals surface area (Å²) < 4.78 is 0. The van der Waals surface area contributed by atoms with E-state index in [1.807, 2.05) is 36.4 Å². The van der Waals surface area contributed by atoms with E-state index in [0.29, 0.717) is 17.8 Å². The van der Waals surface area contributed by atoms with Crippen LogP contribution in [0, 0.1) is 10.1 Å². The van der Waals surface area contributed by atoms with Gasteiger partial charge >= 0.3 is 0 Å². The molecule has 0 heterocycles. The Labute approximate surface area is 145 Å². The molecule has 1 N–H and O–H groups in total. The monoisotopic (exact) mass is 332 g/mol. The molecule has 124 valence electrons. The highest BCUT2D eigenvalue weighted by molar-refractivity contribution is 6.12. The molecule has 25 heavy (non-hydrogen) atoms. The highest BCUT2D eigenvalue weighted by Gasteiger charge is 2.18. The fourth-order valence-corrected chi connectivity index (χ4v) is 2.53. The first-order chi connectivity index (χ1) is 12.1. The minimum atomic E-state index is -0.497. The topological polar surface area (TPSA) is 72.2 Å². The molecule has 0 unspecified atom stereocenters. The summed E-state index contributed by atoms with van der Waals surface area (Å²) in [5, 5.41) is 14.3. The minimum absolute atomic E-state index is 0.107. The molecular formula is C20H16N2O3. The molecule has 0 saturated carbocycles. The first-order valence-electron chi connectivity index (χ1n) is 7.81. The van der Waals surface area contributed by atoms with E-state index in [4.69, 9.17) is 0 Å². The van der Waals surface area contributed by atoms with Gasteiger partial charge in [0.2, 0.25) is 0 Å². The van der Waals surface area contributed by atoms with Crippen molar-refractivity contribution in [2.45, 2.75) is 6.54 Å². The first-order valence-corrected chi connectivity index (χ1v) is 7.81. The number of rotatable bonds is 6. The van der Waals surface area contributed by atoms with Crippen molar-refractivity contribution >= 4 is 17.2 Å². The van der Waals surface area contributed by atoms with E-state index in [9.17, 15) is 14.9 Å². The van der Waals surface area contributed by atoms with Crippen LogP contribution in [0.15, 0.2) is 78.9 Å². The van der Waals surface area contributed by atoms with Crippen molar-refractivity contribution in [3.63, 3.8) is 0 Å². The van der Waals surface area contributed by atoms with E-state index in [1.54, 1.807) is 30.3 Å². The quantitative estimate of drug-likeness (QED) is 0.411. The lowest BCUT2D eigenvalue weighted by Gasteiger charge is -2.12. The van der Waals surface area contributed by atoms with Crippen LogP contribution in [-0.4, -0.2) is 10.7 Å². The molecule has 0 atom stereocenters. The molecule has 0 aliphatic carbocycles. The van der Waals surface area contributed by atoms with Gasteiger partial charge in [0.05, 0.1) is 10.5 Å². The number of anilines is 1. The zero-order valence-electron chi connectivity index (χ0n) is 13.4. The van der Waals surface area contributed by atoms with Gasteiger partial charge in [0.25, 0.3) is 5.69 Å². The Morgan fingerprint density at radius 2 is 1.56 bits per heavy atom. The molecule has 0 radical (unpaired) electrons. The van der Waals surface area contributed by atoms with Crippen LogP contribution in [0.3, 0.4) is 0 Å². The number of nitrogens with one attached hydrogen (secondary N) is 1. The van der Waals surface area contributed by atoms with Crippen molar-refractivity contribution in [1.29, 1.82) is 0 Å². The number of ketones is 1. The van der Waals surface area contributed by atoms with E-state index >= 15 is 0 Å². The second kappa shape index (κ2) is 7.40. The van der Waals surface area contributed by atoms with Crippen LogP contribution in [0.5, 0.6) is 0 Å². The van der Waals surface area contributed by atoms with Crippen LogP contribution < -0.4 is 5.32 Å². The van der Waals surface area contributed by atoms with Crippen molar-refractivity contribution < 1.29 is 9.72 Å². The van der Waals surface area contributed by atoms with Crippen LogP contribution in [0.2, 0.25) is 0 Å². The number of carbonyl (C=O) groups excluding carboxylic acids is 1. The zero-order valence-corrected chi connectivity index (χ0v) is 13.4. The third-order valence-corrected chi connectivity index (χ3v) is 3.82. The normalized spacial score (nSPS) is 10.2. The lowest BCUT2D eigenvalue weighted by molar-refractivity contribution is -0.384. The van der Waals surface area contributed by atoms with Crippen molar-refractivity contribution in [3.05, 3.63) is 106 Å². The van der Waals surface area contributed by atoms with Gasteiger partial charge in [-0.2, -0.15) is 0 Å². The summed E-state index contributed by atoms with van der Waals surface area (Å²) in [7, 11) is 0. The summed E-state index contributed by atoms with van der Waals surface area (Å²) in [5.74, 6) is -0.250. The third-order valence-electron chi connectivity index (χ3n) is 3.82. The summed E-state index contributed by atoms with van der Waals surface area (Å²) in [5.41, 5.74) is 2.30. The molecule has 0 saturated heterocycles. The van der Waals surface area contributed by atoms with Gasteiger partial charge in [-0.1, -0.05) is 60.7 Å². The van der Waals surface area contributed by atoms with Gasteiger partial charge in [-0.3, -0.25) is 14.9 Å². The molecule has 0 amide bonds. The average molecular weight is 332 g/mol. The maximum atomic E-state index is 12.8. The number of carbonyl (C=O) groups is 1. The highest BCUT2D eigenvalue weighted by atomic mass is 16.6. The largest absolute Gasteiger partial charge is 0.380 e. The molecule has 0 aromatic heterocycles. The number of nitrogens with zero attached hydrogens (tertiary/aromatic N) is 1. The van der Waals surface area contributed by atoms with Crippen molar-refractivity contribution in [3.8, 4) is 0 Å². The molecule has 5 nitrogen and oxygen atoms in total. The summed E-state index contributed by atoms with van der Waals surface area (Å²) >= 11 is 0. The number of non-ortho nitro benzene ring substituents is 1. The molecule has 5 heteroatoms. The summed E-state index contributed by atoms with van der Waals surface area (Å²) in [6, 6.07) is 22.8. The molecule has 0 spiro atoms. The van der Waals surface area contributed by atoms with Crippen LogP contribution in [0.25, 0.3) is 0 Å². The van der Waals surface area contributed by atoms with Gasteiger partial charge in [-0.15, -0.1) is 0 Å². The summed E-state index contributed by atoms with van der Waals surface area (Å²) in [6.45, 7) is 0.522. The van der Waals surface area contributed by atoms with E-state index in [0.717, 1.165) is 5.56 Å². The van der Waals surface area contributed by atoms with E-state index in [-0.39, 0.29) is 17.0 Å². The van der Waals surface area contributed by atoms with Gasteiger partial charge in [-0.05, 0) is 11.6 Å². The molecule has 3 aromatic rings. The number of nitro groups is 1. The lowest BCUT2D eigenvalue weighted by Crippen LogP contribution is -2.09. The summed E-state index contributed by atoms with van der Waals surface area (Å²) in [6.07, 6.45) is 0. The second-order valence-corrected chi connectivity index (χ2v) is 5.52. The minimum Gasteiger partial charge on any atom is -0.380 e. The van der Waals surface area contributed by atoms with Crippen LogP contribution in [-0.2, 0) is 6.54 Å².